The summed E-state index contributed by atoms with van der Waals surface area (Å²) in [5.41, 5.74) is 1.06. The minimum Gasteiger partial charge on any atom is -0.378 e. The van der Waals surface area contributed by atoms with Crippen LogP contribution in [0, 0.1) is 0 Å². The first-order valence-corrected chi connectivity index (χ1v) is 7.65. The van der Waals surface area contributed by atoms with Crippen LogP contribution in [0.4, 0.5) is 14.6 Å². The second-order valence-electron chi connectivity index (χ2n) is 5.41. The van der Waals surface area contributed by atoms with Gasteiger partial charge in [-0.1, -0.05) is 12.1 Å². The lowest BCUT2D eigenvalue weighted by atomic mass is 10.3. The van der Waals surface area contributed by atoms with Gasteiger partial charge in [0.05, 0.1) is 24.2 Å². The molecule has 3 heterocycles. The Kier molecular flexibility index (Phi) is 3.81. The fourth-order valence-electron chi connectivity index (χ4n) is 2.82. The van der Waals surface area contributed by atoms with Crippen LogP contribution in [0.25, 0.3) is 17.0 Å². The number of fused-ring (bicyclic) bond motifs is 1. The van der Waals surface area contributed by atoms with E-state index in [1.54, 1.807) is 36.5 Å². The fourth-order valence-corrected chi connectivity index (χ4v) is 2.82. The quantitative estimate of drug-likeness (QED) is 0.738. The number of anilines is 1. The van der Waals surface area contributed by atoms with Crippen molar-refractivity contribution in [2.24, 2.45) is 0 Å². The number of nitrogens with zero attached hydrogens (tertiary/aromatic N) is 5. The van der Waals surface area contributed by atoms with Gasteiger partial charge in [0.2, 0.25) is 5.95 Å². The Balaban J connectivity index is 1.83. The molecule has 0 aliphatic carbocycles. The summed E-state index contributed by atoms with van der Waals surface area (Å²) in [6.45, 7) is 2.66. The number of alkyl halides is 2. The molecule has 1 saturated heterocycles. The Morgan fingerprint density at radius 2 is 1.83 bits per heavy atom. The van der Waals surface area contributed by atoms with Crippen LogP contribution in [-0.4, -0.2) is 45.8 Å². The molecule has 1 fully saturated rings. The Bertz CT molecular complexity index is 861. The second kappa shape index (κ2) is 6.12. The van der Waals surface area contributed by atoms with Crippen molar-refractivity contribution in [3.05, 3.63) is 42.4 Å². The summed E-state index contributed by atoms with van der Waals surface area (Å²) in [5.74, 6) is 0.541. The van der Waals surface area contributed by atoms with Crippen molar-refractivity contribution < 1.29 is 13.5 Å². The third kappa shape index (κ3) is 2.58. The summed E-state index contributed by atoms with van der Waals surface area (Å²) >= 11 is 0. The molecule has 6 nitrogen and oxygen atoms in total. The molecule has 3 aromatic rings. The molecule has 124 valence electrons. The first-order chi connectivity index (χ1) is 11.7. The van der Waals surface area contributed by atoms with E-state index < -0.39 is 6.43 Å². The highest BCUT2D eigenvalue weighted by Crippen LogP contribution is 2.27. The van der Waals surface area contributed by atoms with Gasteiger partial charge in [-0.25, -0.2) is 18.7 Å². The Morgan fingerprint density at radius 1 is 1.04 bits per heavy atom. The molecular formula is C16H15F2N5O. The van der Waals surface area contributed by atoms with E-state index in [1.807, 2.05) is 0 Å². The van der Waals surface area contributed by atoms with E-state index in [1.165, 1.54) is 4.57 Å². The van der Waals surface area contributed by atoms with Gasteiger partial charge >= 0.3 is 0 Å². The molecule has 4 rings (SSSR count). The lowest BCUT2D eigenvalue weighted by Crippen LogP contribution is -2.36. The minimum absolute atomic E-state index is 0.197. The molecule has 0 N–H and O–H groups in total. The number of ether oxygens (including phenoxy) is 1. The van der Waals surface area contributed by atoms with Gasteiger partial charge in [-0.15, -0.1) is 0 Å². The van der Waals surface area contributed by atoms with Gasteiger partial charge in [0.15, 0.2) is 5.82 Å². The predicted molar refractivity (Wildman–Crippen MR) is 84.6 cm³/mol. The highest BCUT2D eigenvalue weighted by atomic mass is 19.3. The van der Waals surface area contributed by atoms with Gasteiger partial charge in [0, 0.05) is 19.3 Å². The third-order valence-electron chi connectivity index (χ3n) is 3.95. The minimum atomic E-state index is -2.71. The zero-order chi connectivity index (χ0) is 16.5. The van der Waals surface area contributed by atoms with E-state index in [9.17, 15) is 8.78 Å². The smallest absolute Gasteiger partial charge is 0.296 e. The lowest BCUT2D eigenvalue weighted by molar-refractivity contribution is 0.122. The molecule has 0 atom stereocenters. The Hall–Kier alpha value is -2.61. The second-order valence-corrected chi connectivity index (χ2v) is 5.41. The zero-order valence-electron chi connectivity index (χ0n) is 12.8. The summed E-state index contributed by atoms with van der Waals surface area (Å²) in [5, 5.41) is 0. The fraction of sp³-hybridized carbons (Fsp3) is 0.312. The number of benzene rings is 1. The van der Waals surface area contributed by atoms with Crippen molar-refractivity contribution >= 4 is 16.9 Å². The topological polar surface area (TPSA) is 56.1 Å². The van der Waals surface area contributed by atoms with Gasteiger partial charge in [0.25, 0.3) is 6.43 Å². The molecule has 0 bridgehead atoms. The summed E-state index contributed by atoms with van der Waals surface area (Å²) in [7, 11) is 0. The average molecular weight is 331 g/mol. The number of hydrogen-bond donors (Lipinski definition) is 0. The van der Waals surface area contributed by atoms with Crippen LogP contribution in [0.1, 0.15) is 12.2 Å². The summed E-state index contributed by atoms with van der Waals surface area (Å²) in [6, 6.07) is 8.75. The number of aromatic nitrogens is 4. The maximum absolute atomic E-state index is 13.4. The van der Waals surface area contributed by atoms with E-state index in [2.05, 4.69) is 19.9 Å². The molecule has 8 heteroatoms. The van der Waals surface area contributed by atoms with Crippen molar-refractivity contribution in [3.63, 3.8) is 0 Å². The monoisotopic (exact) mass is 331 g/mol. The number of para-hydroxylation sites is 2. The van der Waals surface area contributed by atoms with Crippen LogP contribution < -0.4 is 4.90 Å². The number of rotatable bonds is 3. The Labute approximate surface area is 136 Å². The predicted octanol–water partition coefficient (Wildman–Crippen LogP) is 2.59. The molecule has 1 aliphatic rings. The molecule has 2 aromatic heterocycles. The van der Waals surface area contributed by atoms with Gasteiger partial charge in [-0.05, 0) is 18.2 Å². The summed E-state index contributed by atoms with van der Waals surface area (Å²) in [6.07, 6.45) is -1.13. The number of halogens is 2. The molecule has 1 aliphatic heterocycles. The van der Waals surface area contributed by atoms with E-state index >= 15 is 0 Å². The van der Waals surface area contributed by atoms with Crippen molar-refractivity contribution in [3.8, 4) is 5.95 Å². The van der Waals surface area contributed by atoms with Crippen LogP contribution in [0.3, 0.4) is 0 Å². The number of hydrogen-bond acceptors (Lipinski definition) is 5. The first-order valence-electron chi connectivity index (χ1n) is 7.65. The zero-order valence-corrected chi connectivity index (χ0v) is 12.8. The normalized spacial score (nSPS) is 15.4. The molecular weight excluding hydrogens is 316 g/mol. The number of morpholine rings is 1. The van der Waals surface area contributed by atoms with Gasteiger partial charge in [0.1, 0.15) is 5.82 Å². The molecule has 0 unspecified atom stereocenters. The molecule has 0 spiro atoms. The van der Waals surface area contributed by atoms with Crippen molar-refractivity contribution in [2.75, 3.05) is 31.2 Å². The Morgan fingerprint density at radius 3 is 2.62 bits per heavy atom. The molecule has 1 aromatic carbocycles. The van der Waals surface area contributed by atoms with Crippen LogP contribution >= 0.6 is 0 Å². The van der Waals surface area contributed by atoms with Crippen molar-refractivity contribution in [1.29, 1.82) is 0 Å². The maximum Gasteiger partial charge on any atom is 0.296 e. The van der Waals surface area contributed by atoms with E-state index in [0.29, 0.717) is 43.2 Å². The van der Waals surface area contributed by atoms with E-state index in [0.717, 1.165) is 0 Å². The highest BCUT2D eigenvalue weighted by Gasteiger charge is 2.22. The van der Waals surface area contributed by atoms with Crippen LogP contribution in [0.15, 0.2) is 36.5 Å². The average Bonchev–Trinajstić information content (AvgIpc) is 3.02. The van der Waals surface area contributed by atoms with Crippen LogP contribution in [-0.2, 0) is 4.74 Å². The number of imidazole rings is 1. The van der Waals surface area contributed by atoms with Crippen LogP contribution in [0.2, 0.25) is 0 Å². The van der Waals surface area contributed by atoms with Gasteiger partial charge in [-0.3, -0.25) is 4.57 Å². The largest absolute Gasteiger partial charge is 0.378 e. The van der Waals surface area contributed by atoms with Crippen molar-refractivity contribution in [2.45, 2.75) is 6.43 Å². The van der Waals surface area contributed by atoms with E-state index in [4.69, 9.17) is 4.74 Å². The molecule has 0 saturated carbocycles. The first kappa shape index (κ1) is 14.9. The van der Waals surface area contributed by atoms with Crippen molar-refractivity contribution in [1.82, 2.24) is 19.5 Å². The third-order valence-corrected chi connectivity index (χ3v) is 3.95. The highest BCUT2D eigenvalue weighted by molar-refractivity contribution is 5.77. The SMILES string of the molecule is FC(F)c1nc2ccccc2n1-c1nccc(N2CCOCC2)n1. The van der Waals surface area contributed by atoms with Gasteiger partial charge in [-0.2, -0.15) is 4.98 Å². The standard InChI is InChI=1S/C16H15F2N5O/c17-14(18)15-20-11-3-1-2-4-12(11)23(15)16-19-6-5-13(21-16)22-7-9-24-10-8-22/h1-6,14H,7-10H2. The molecule has 0 radical (unpaired) electrons. The lowest BCUT2D eigenvalue weighted by Gasteiger charge is -2.27. The van der Waals surface area contributed by atoms with Gasteiger partial charge < -0.3 is 9.64 Å². The van der Waals surface area contributed by atoms with Crippen LogP contribution in [0.5, 0.6) is 0 Å². The van der Waals surface area contributed by atoms with E-state index in [-0.39, 0.29) is 11.8 Å². The molecule has 0 amide bonds. The summed E-state index contributed by atoms with van der Waals surface area (Å²) < 4.78 is 33.5. The maximum atomic E-state index is 13.4. The molecule has 24 heavy (non-hydrogen) atoms. The summed E-state index contributed by atoms with van der Waals surface area (Å²) in [4.78, 5) is 14.8.